The lowest BCUT2D eigenvalue weighted by atomic mass is 10.1. The van der Waals surface area contributed by atoms with Gasteiger partial charge in [-0.25, -0.2) is 4.39 Å². The standard InChI is InChI=1S/C11H16FN3/c12-10-5-9(6-14-7-10)8-15-3-1-11(13)2-4-15/h5-7,11H,1-4,8,13H2. The molecule has 15 heavy (non-hydrogen) atoms. The molecule has 82 valence electrons. The van der Waals surface area contributed by atoms with Crippen LogP contribution in [0.2, 0.25) is 0 Å². The number of rotatable bonds is 2. The fourth-order valence-corrected chi connectivity index (χ4v) is 1.91. The van der Waals surface area contributed by atoms with Crippen molar-refractivity contribution < 1.29 is 4.39 Å². The Morgan fingerprint density at radius 2 is 2.13 bits per heavy atom. The van der Waals surface area contributed by atoms with Crippen LogP contribution >= 0.6 is 0 Å². The van der Waals surface area contributed by atoms with Crippen molar-refractivity contribution in [3.8, 4) is 0 Å². The third-order valence-electron chi connectivity index (χ3n) is 2.80. The third-order valence-corrected chi connectivity index (χ3v) is 2.80. The van der Waals surface area contributed by atoms with Crippen molar-refractivity contribution >= 4 is 0 Å². The molecule has 1 fully saturated rings. The van der Waals surface area contributed by atoms with Gasteiger partial charge in [-0.15, -0.1) is 0 Å². The van der Waals surface area contributed by atoms with Gasteiger partial charge in [-0.3, -0.25) is 9.88 Å². The molecule has 0 spiro atoms. The summed E-state index contributed by atoms with van der Waals surface area (Å²) >= 11 is 0. The molecule has 0 unspecified atom stereocenters. The van der Waals surface area contributed by atoms with Crippen LogP contribution in [0, 0.1) is 5.82 Å². The molecule has 1 saturated heterocycles. The molecule has 0 bridgehead atoms. The molecule has 4 heteroatoms. The van der Waals surface area contributed by atoms with Gasteiger partial charge in [0.2, 0.25) is 0 Å². The second kappa shape index (κ2) is 4.68. The van der Waals surface area contributed by atoms with E-state index in [4.69, 9.17) is 5.73 Å². The third kappa shape index (κ3) is 2.97. The number of hydrogen-bond acceptors (Lipinski definition) is 3. The first-order chi connectivity index (χ1) is 7.24. The van der Waals surface area contributed by atoms with Crippen molar-refractivity contribution in [2.45, 2.75) is 25.4 Å². The Bertz CT molecular complexity index is 321. The van der Waals surface area contributed by atoms with Crippen molar-refractivity contribution in [2.75, 3.05) is 13.1 Å². The number of pyridine rings is 1. The van der Waals surface area contributed by atoms with Crippen molar-refractivity contribution in [2.24, 2.45) is 5.73 Å². The van der Waals surface area contributed by atoms with Gasteiger partial charge in [-0.2, -0.15) is 0 Å². The Labute approximate surface area is 89.1 Å². The van der Waals surface area contributed by atoms with E-state index >= 15 is 0 Å². The maximum absolute atomic E-state index is 12.9. The van der Waals surface area contributed by atoms with Crippen molar-refractivity contribution in [1.82, 2.24) is 9.88 Å². The monoisotopic (exact) mass is 209 g/mol. The Morgan fingerprint density at radius 3 is 2.80 bits per heavy atom. The summed E-state index contributed by atoms with van der Waals surface area (Å²) in [5, 5.41) is 0. The van der Waals surface area contributed by atoms with Crippen LogP contribution in [0.1, 0.15) is 18.4 Å². The van der Waals surface area contributed by atoms with E-state index < -0.39 is 0 Å². The normalized spacial score (nSPS) is 19.3. The van der Waals surface area contributed by atoms with Gasteiger partial charge in [0, 0.05) is 18.8 Å². The summed E-state index contributed by atoms with van der Waals surface area (Å²) in [5.41, 5.74) is 6.75. The van der Waals surface area contributed by atoms with Gasteiger partial charge in [0.25, 0.3) is 0 Å². The van der Waals surface area contributed by atoms with E-state index in [2.05, 4.69) is 9.88 Å². The van der Waals surface area contributed by atoms with Gasteiger partial charge in [0.1, 0.15) is 5.82 Å². The molecule has 2 rings (SSSR count). The predicted octanol–water partition coefficient (Wildman–Crippen LogP) is 1.14. The molecule has 1 aliphatic heterocycles. The van der Waals surface area contributed by atoms with Crippen LogP contribution < -0.4 is 5.73 Å². The van der Waals surface area contributed by atoms with E-state index in [0.29, 0.717) is 6.04 Å². The van der Waals surface area contributed by atoms with Crippen LogP contribution in [-0.4, -0.2) is 29.0 Å². The molecule has 2 N–H and O–H groups in total. The molecule has 0 amide bonds. The van der Waals surface area contributed by atoms with Crippen molar-refractivity contribution in [3.63, 3.8) is 0 Å². The van der Waals surface area contributed by atoms with Crippen LogP contribution in [0.25, 0.3) is 0 Å². The molecular weight excluding hydrogens is 193 g/mol. The van der Waals surface area contributed by atoms with E-state index in [9.17, 15) is 4.39 Å². The summed E-state index contributed by atoms with van der Waals surface area (Å²) in [6.45, 7) is 2.77. The highest BCUT2D eigenvalue weighted by atomic mass is 19.1. The maximum Gasteiger partial charge on any atom is 0.141 e. The van der Waals surface area contributed by atoms with Gasteiger partial charge in [0.05, 0.1) is 6.20 Å². The summed E-state index contributed by atoms with van der Waals surface area (Å²) in [7, 11) is 0. The number of likely N-dealkylation sites (tertiary alicyclic amines) is 1. The van der Waals surface area contributed by atoms with Gasteiger partial charge in [-0.05, 0) is 37.6 Å². The predicted molar refractivity (Wildman–Crippen MR) is 56.7 cm³/mol. The maximum atomic E-state index is 12.9. The number of hydrogen-bond donors (Lipinski definition) is 1. The first-order valence-electron chi connectivity index (χ1n) is 5.31. The van der Waals surface area contributed by atoms with Crippen LogP contribution in [0.5, 0.6) is 0 Å². The van der Waals surface area contributed by atoms with Gasteiger partial charge in [0.15, 0.2) is 0 Å². The largest absolute Gasteiger partial charge is 0.328 e. The lowest BCUT2D eigenvalue weighted by Gasteiger charge is -2.29. The Kier molecular flexibility index (Phi) is 3.28. The number of nitrogens with zero attached hydrogens (tertiary/aromatic N) is 2. The van der Waals surface area contributed by atoms with E-state index in [1.54, 1.807) is 12.3 Å². The second-order valence-electron chi connectivity index (χ2n) is 4.12. The fourth-order valence-electron chi connectivity index (χ4n) is 1.91. The topological polar surface area (TPSA) is 42.1 Å². The molecule has 1 aromatic rings. The molecule has 1 aliphatic rings. The number of halogens is 1. The molecule has 3 nitrogen and oxygen atoms in total. The molecule has 0 aliphatic carbocycles. The lowest BCUT2D eigenvalue weighted by molar-refractivity contribution is 0.205. The number of piperidine rings is 1. The Morgan fingerprint density at radius 1 is 1.40 bits per heavy atom. The minimum absolute atomic E-state index is 0.263. The van der Waals surface area contributed by atoms with Crippen molar-refractivity contribution in [3.05, 3.63) is 29.8 Å². The summed E-state index contributed by atoms with van der Waals surface area (Å²) in [6.07, 6.45) is 5.01. The highest BCUT2D eigenvalue weighted by molar-refractivity contribution is 5.10. The minimum Gasteiger partial charge on any atom is -0.328 e. The SMILES string of the molecule is NC1CCN(Cc2cncc(F)c2)CC1. The fraction of sp³-hybridized carbons (Fsp3) is 0.545. The first kappa shape index (κ1) is 10.5. The van der Waals surface area contributed by atoms with Gasteiger partial charge < -0.3 is 5.73 Å². The van der Waals surface area contributed by atoms with Crippen LogP contribution in [-0.2, 0) is 6.54 Å². The molecule has 0 saturated carbocycles. The van der Waals surface area contributed by atoms with Crippen LogP contribution in [0.15, 0.2) is 18.5 Å². The summed E-state index contributed by atoms with van der Waals surface area (Å²) in [4.78, 5) is 6.13. The average Bonchev–Trinajstić information content (AvgIpc) is 2.22. The number of nitrogens with two attached hydrogens (primary N) is 1. The molecule has 0 aromatic carbocycles. The van der Waals surface area contributed by atoms with Crippen LogP contribution in [0.3, 0.4) is 0 Å². The van der Waals surface area contributed by atoms with Crippen molar-refractivity contribution in [1.29, 1.82) is 0 Å². The lowest BCUT2D eigenvalue weighted by Crippen LogP contribution is -2.39. The van der Waals surface area contributed by atoms with Gasteiger partial charge in [-0.1, -0.05) is 0 Å². The summed E-state index contributed by atoms with van der Waals surface area (Å²) < 4.78 is 12.9. The molecule has 2 heterocycles. The quantitative estimate of drug-likeness (QED) is 0.794. The van der Waals surface area contributed by atoms with E-state index in [1.807, 2.05) is 0 Å². The zero-order valence-electron chi connectivity index (χ0n) is 8.69. The van der Waals surface area contributed by atoms with E-state index in [0.717, 1.165) is 38.0 Å². The minimum atomic E-state index is -0.263. The van der Waals surface area contributed by atoms with Gasteiger partial charge >= 0.3 is 0 Å². The first-order valence-corrected chi connectivity index (χ1v) is 5.31. The highest BCUT2D eigenvalue weighted by Crippen LogP contribution is 2.12. The molecule has 0 radical (unpaired) electrons. The zero-order valence-corrected chi connectivity index (χ0v) is 8.69. The van der Waals surface area contributed by atoms with Crippen LogP contribution in [0.4, 0.5) is 4.39 Å². The highest BCUT2D eigenvalue weighted by Gasteiger charge is 2.15. The summed E-state index contributed by atoms with van der Waals surface area (Å²) in [5.74, 6) is -0.263. The molecular formula is C11H16FN3. The van der Waals surface area contributed by atoms with E-state index in [1.165, 1.54) is 6.20 Å². The molecule has 0 atom stereocenters. The summed E-state index contributed by atoms with van der Waals surface area (Å²) in [6, 6.07) is 1.88. The Hall–Kier alpha value is -1.00. The zero-order chi connectivity index (χ0) is 10.7. The number of aromatic nitrogens is 1. The average molecular weight is 209 g/mol. The van der Waals surface area contributed by atoms with E-state index in [-0.39, 0.29) is 5.82 Å². The Balaban J connectivity index is 1.92. The smallest absolute Gasteiger partial charge is 0.141 e. The second-order valence-corrected chi connectivity index (χ2v) is 4.12. The molecule has 1 aromatic heterocycles.